The second-order valence-electron chi connectivity index (χ2n) is 4.43. The monoisotopic (exact) mass is 296 g/mol. The van der Waals surface area contributed by atoms with Crippen molar-refractivity contribution in [3.05, 3.63) is 33.2 Å². The van der Waals surface area contributed by atoms with Crippen LogP contribution in [0.5, 0.6) is 0 Å². The molecule has 1 N–H and O–H groups in total. The number of nitrogens with one attached hydrogen (secondary N) is 1. The molecule has 0 spiro atoms. The zero-order valence-electron chi connectivity index (χ0n) is 9.28. The number of aromatic amines is 1. The Morgan fingerprint density at radius 1 is 1.53 bits per heavy atom. The number of ether oxygens (including phenoxy) is 1. The Morgan fingerprint density at radius 3 is 3.18 bits per heavy atom. The van der Waals surface area contributed by atoms with E-state index in [-0.39, 0.29) is 5.69 Å². The average Bonchev–Trinajstić information content (AvgIpc) is 2.88. The first-order valence-corrected chi connectivity index (χ1v) is 6.49. The number of aromatic nitrogens is 2. The number of H-pyrrole nitrogens is 1. The van der Waals surface area contributed by atoms with Gasteiger partial charge >= 0.3 is 5.69 Å². The van der Waals surface area contributed by atoms with Crippen molar-refractivity contribution in [1.29, 1.82) is 0 Å². The fraction of sp³-hybridized carbons (Fsp3) is 0.417. The topological polar surface area (TPSA) is 47.0 Å². The summed E-state index contributed by atoms with van der Waals surface area (Å²) in [6.45, 7) is 2.31. The van der Waals surface area contributed by atoms with E-state index in [1.165, 1.54) is 0 Å². The summed E-state index contributed by atoms with van der Waals surface area (Å²) in [7, 11) is 0. The lowest BCUT2D eigenvalue weighted by Crippen LogP contribution is -2.21. The minimum atomic E-state index is -0.0370. The van der Waals surface area contributed by atoms with Crippen molar-refractivity contribution < 1.29 is 4.74 Å². The van der Waals surface area contributed by atoms with Crippen LogP contribution < -0.4 is 5.69 Å². The molecule has 0 bridgehead atoms. The molecule has 17 heavy (non-hydrogen) atoms. The highest BCUT2D eigenvalue weighted by atomic mass is 79.9. The van der Waals surface area contributed by atoms with Gasteiger partial charge in [0.05, 0.1) is 17.6 Å². The Labute approximate surface area is 107 Å². The second kappa shape index (κ2) is 4.31. The lowest BCUT2D eigenvalue weighted by molar-refractivity contribution is 0.182. The van der Waals surface area contributed by atoms with Crippen LogP contribution >= 0.6 is 15.9 Å². The van der Waals surface area contributed by atoms with E-state index in [2.05, 4.69) is 20.9 Å². The van der Waals surface area contributed by atoms with Gasteiger partial charge in [0, 0.05) is 23.5 Å². The highest BCUT2D eigenvalue weighted by Crippen LogP contribution is 2.20. The molecule has 1 aromatic carbocycles. The molecule has 1 saturated heterocycles. The minimum Gasteiger partial charge on any atom is -0.381 e. The van der Waals surface area contributed by atoms with E-state index in [0.29, 0.717) is 5.92 Å². The van der Waals surface area contributed by atoms with Crippen molar-refractivity contribution in [1.82, 2.24) is 9.55 Å². The number of imidazole rings is 1. The normalized spacial score (nSPS) is 20.2. The van der Waals surface area contributed by atoms with Gasteiger partial charge in [-0.3, -0.25) is 4.57 Å². The zero-order chi connectivity index (χ0) is 11.8. The van der Waals surface area contributed by atoms with Gasteiger partial charge in [-0.05, 0) is 24.6 Å². The summed E-state index contributed by atoms with van der Waals surface area (Å²) in [6.07, 6.45) is 1.04. The van der Waals surface area contributed by atoms with Crippen molar-refractivity contribution in [3.63, 3.8) is 0 Å². The smallest absolute Gasteiger partial charge is 0.326 e. The molecule has 3 rings (SSSR count). The standard InChI is InChI=1S/C12H13BrN2O2/c13-9-1-2-11-10(5-9)14-12(16)15(11)6-8-3-4-17-7-8/h1-2,5,8H,3-4,6-7H2,(H,14,16). The molecular weight excluding hydrogens is 284 g/mol. The van der Waals surface area contributed by atoms with E-state index in [1.807, 2.05) is 18.2 Å². The van der Waals surface area contributed by atoms with Crippen LogP contribution in [0.3, 0.4) is 0 Å². The maximum absolute atomic E-state index is 11.9. The van der Waals surface area contributed by atoms with E-state index in [9.17, 15) is 4.79 Å². The van der Waals surface area contributed by atoms with Gasteiger partial charge in [0.15, 0.2) is 0 Å². The number of rotatable bonds is 2. The van der Waals surface area contributed by atoms with Crippen LogP contribution in [0.4, 0.5) is 0 Å². The first-order valence-electron chi connectivity index (χ1n) is 5.70. The summed E-state index contributed by atoms with van der Waals surface area (Å²) in [5, 5.41) is 0. The molecule has 1 atom stereocenters. The molecule has 0 aliphatic carbocycles. The van der Waals surface area contributed by atoms with Gasteiger partial charge in [-0.15, -0.1) is 0 Å². The molecule has 1 aromatic heterocycles. The summed E-state index contributed by atoms with van der Waals surface area (Å²) >= 11 is 3.40. The third kappa shape index (κ3) is 2.05. The molecular formula is C12H13BrN2O2. The first-order chi connectivity index (χ1) is 8.24. The Bertz CT molecular complexity index is 596. The van der Waals surface area contributed by atoms with Crippen LogP contribution in [0.15, 0.2) is 27.5 Å². The van der Waals surface area contributed by atoms with Gasteiger partial charge in [0.1, 0.15) is 0 Å². The van der Waals surface area contributed by atoms with E-state index < -0.39 is 0 Å². The number of benzene rings is 1. The van der Waals surface area contributed by atoms with Crippen LogP contribution in [0.1, 0.15) is 6.42 Å². The van der Waals surface area contributed by atoms with Gasteiger partial charge in [0.2, 0.25) is 0 Å². The van der Waals surface area contributed by atoms with Crippen molar-refractivity contribution in [2.75, 3.05) is 13.2 Å². The lowest BCUT2D eigenvalue weighted by Gasteiger charge is -2.08. The first kappa shape index (κ1) is 11.0. The van der Waals surface area contributed by atoms with Crippen LogP contribution in [-0.4, -0.2) is 22.8 Å². The van der Waals surface area contributed by atoms with E-state index in [0.717, 1.165) is 41.7 Å². The number of nitrogens with zero attached hydrogens (tertiary/aromatic N) is 1. The predicted molar refractivity (Wildman–Crippen MR) is 69.2 cm³/mol. The number of fused-ring (bicyclic) bond motifs is 1. The molecule has 0 radical (unpaired) electrons. The van der Waals surface area contributed by atoms with Crippen LogP contribution in [0.25, 0.3) is 11.0 Å². The summed E-state index contributed by atoms with van der Waals surface area (Å²) in [5.74, 6) is 0.454. The third-order valence-corrected chi connectivity index (χ3v) is 3.69. The summed E-state index contributed by atoms with van der Waals surface area (Å²) in [5.41, 5.74) is 1.80. The molecule has 1 aliphatic heterocycles. The molecule has 90 valence electrons. The van der Waals surface area contributed by atoms with Crippen molar-refractivity contribution in [2.24, 2.45) is 5.92 Å². The maximum Gasteiger partial charge on any atom is 0.326 e. The zero-order valence-corrected chi connectivity index (χ0v) is 10.9. The molecule has 0 amide bonds. The van der Waals surface area contributed by atoms with Gasteiger partial charge in [0.25, 0.3) is 0 Å². The van der Waals surface area contributed by atoms with Crippen molar-refractivity contribution in [3.8, 4) is 0 Å². The fourth-order valence-electron chi connectivity index (χ4n) is 2.30. The molecule has 1 unspecified atom stereocenters. The Hall–Kier alpha value is -1.07. The minimum absolute atomic E-state index is 0.0370. The Kier molecular flexibility index (Phi) is 2.80. The Balaban J connectivity index is 2.02. The molecule has 0 saturated carbocycles. The highest BCUT2D eigenvalue weighted by molar-refractivity contribution is 9.10. The van der Waals surface area contributed by atoms with Gasteiger partial charge < -0.3 is 9.72 Å². The Morgan fingerprint density at radius 2 is 2.41 bits per heavy atom. The van der Waals surface area contributed by atoms with Gasteiger partial charge in [-0.25, -0.2) is 4.79 Å². The maximum atomic E-state index is 11.9. The summed E-state index contributed by atoms with van der Waals surface area (Å²) in [6, 6.07) is 5.85. The number of hydrogen-bond donors (Lipinski definition) is 1. The quantitative estimate of drug-likeness (QED) is 0.923. The molecule has 5 heteroatoms. The molecule has 1 fully saturated rings. The summed E-state index contributed by atoms with van der Waals surface area (Å²) in [4.78, 5) is 14.8. The van der Waals surface area contributed by atoms with Crippen LogP contribution in [0.2, 0.25) is 0 Å². The molecule has 4 nitrogen and oxygen atoms in total. The fourth-order valence-corrected chi connectivity index (χ4v) is 2.66. The second-order valence-corrected chi connectivity index (χ2v) is 5.35. The summed E-state index contributed by atoms with van der Waals surface area (Å²) < 4.78 is 8.13. The predicted octanol–water partition coefficient (Wildman–Crippen LogP) is 2.13. The average molecular weight is 297 g/mol. The highest BCUT2D eigenvalue weighted by Gasteiger charge is 2.18. The van der Waals surface area contributed by atoms with Crippen LogP contribution in [0, 0.1) is 5.92 Å². The lowest BCUT2D eigenvalue weighted by atomic mass is 10.1. The van der Waals surface area contributed by atoms with Gasteiger partial charge in [-0.1, -0.05) is 15.9 Å². The van der Waals surface area contributed by atoms with Crippen LogP contribution in [-0.2, 0) is 11.3 Å². The van der Waals surface area contributed by atoms with Gasteiger partial charge in [-0.2, -0.15) is 0 Å². The third-order valence-electron chi connectivity index (χ3n) is 3.20. The number of halogens is 1. The SMILES string of the molecule is O=c1[nH]c2cc(Br)ccc2n1CC1CCOC1. The van der Waals surface area contributed by atoms with Crippen molar-refractivity contribution >= 4 is 27.0 Å². The molecule has 2 heterocycles. The van der Waals surface area contributed by atoms with E-state index in [4.69, 9.17) is 4.74 Å². The van der Waals surface area contributed by atoms with Crippen molar-refractivity contribution in [2.45, 2.75) is 13.0 Å². The van der Waals surface area contributed by atoms with E-state index >= 15 is 0 Å². The van der Waals surface area contributed by atoms with E-state index in [1.54, 1.807) is 4.57 Å². The molecule has 1 aliphatic rings. The largest absolute Gasteiger partial charge is 0.381 e. The molecule has 2 aromatic rings. The number of hydrogen-bond acceptors (Lipinski definition) is 2.